The summed E-state index contributed by atoms with van der Waals surface area (Å²) in [5.41, 5.74) is 0. The van der Waals surface area contributed by atoms with Crippen LogP contribution in [-0.4, -0.2) is 65.2 Å². The van der Waals surface area contributed by atoms with E-state index in [2.05, 4.69) is 10.3 Å². The molecule has 2 heterocycles. The van der Waals surface area contributed by atoms with Gasteiger partial charge in [-0.25, -0.2) is 13.4 Å². The second kappa shape index (κ2) is 11.3. The Morgan fingerprint density at radius 3 is 2.50 bits per heavy atom. The van der Waals surface area contributed by atoms with Crippen LogP contribution in [0.25, 0.3) is 0 Å². The van der Waals surface area contributed by atoms with Gasteiger partial charge >= 0.3 is 0 Å². The Bertz CT molecular complexity index is 1070. The number of rotatable bonds is 7. The first-order valence-electron chi connectivity index (χ1n) is 11.1. The van der Waals surface area contributed by atoms with E-state index < -0.39 is 22.0 Å². The average molecular weight is 509 g/mol. The van der Waals surface area contributed by atoms with Crippen LogP contribution < -0.4 is 5.32 Å². The fourth-order valence-corrected chi connectivity index (χ4v) is 6.47. The van der Waals surface area contributed by atoms with Crippen molar-refractivity contribution < 1.29 is 23.1 Å². The zero-order valence-corrected chi connectivity index (χ0v) is 19.9. The second-order valence-electron chi connectivity index (χ2n) is 8.50. The lowest BCUT2D eigenvalue weighted by atomic mass is 9.84. The van der Waals surface area contributed by atoms with Crippen molar-refractivity contribution in [3.8, 4) is 5.75 Å². The number of thiazole rings is 1. The molecule has 1 saturated heterocycles. The van der Waals surface area contributed by atoms with Crippen LogP contribution >= 0.6 is 11.3 Å². The Morgan fingerprint density at radius 2 is 1.88 bits per heavy atom. The minimum Gasteiger partial charge on any atom is -0.508 e. The zero-order chi connectivity index (χ0) is 23.4. The summed E-state index contributed by atoms with van der Waals surface area (Å²) in [4.78, 5) is 31.9. The highest BCUT2D eigenvalue weighted by atomic mass is 32.2. The van der Waals surface area contributed by atoms with Crippen molar-refractivity contribution >= 4 is 38.3 Å². The summed E-state index contributed by atoms with van der Waals surface area (Å²) in [6.45, 7) is -0.0889. The first kappa shape index (κ1) is 26.1. The number of benzene rings is 1. The standard InChI is InChI=1S/C22H28N4O5S2.CH4/c27-17-6-8-18(9-7-17)33(30,31)25-11-12-26(20(28)15-25)19(14-16-4-2-1-3-5-16)21(29)24-22-23-10-13-32-22;/h6-10,13,16,19,27H,1-5,11-12,14-15H2,(H,23,24,29);1H4/t19-;/m0./s1. The summed E-state index contributed by atoms with van der Waals surface area (Å²) in [6, 6.07) is 4.56. The topological polar surface area (TPSA) is 120 Å². The van der Waals surface area contributed by atoms with Gasteiger partial charge in [0.2, 0.25) is 21.8 Å². The van der Waals surface area contributed by atoms with E-state index in [1.54, 1.807) is 11.6 Å². The maximum absolute atomic E-state index is 13.2. The molecule has 34 heavy (non-hydrogen) atoms. The molecule has 0 bridgehead atoms. The van der Waals surface area contributed by atoms with Crippen LogP contribution in [-0.2, 0) is 19.6 Å². The monoisotopic (exact) mass is 508 g/mol. The molecule has 2 fully saturated rings. The van der Waals surface area contributed by atoms with E-state index in [-0.39, 0.29) is 43.6 Å². The number of amides is 2. The number of piperazine rings is 1. The maximum Gasteiger partial charge on any atom is 0.248 e. The summed E-state index contributed by atoms with van der Waals surface area (Å²) in [5, 5.41) is 14.5. The van der Waals surface area contributed by atoms with Crippen LogP contribution in [0.15, 0.2) is 40.7 Å². The minimum absolute atomic E-state index is 0. The molecule has 2 amide bonds. The van der Waals surface area contributed by atoms with Crippen LogP contribution in [0.5, 0.6) is 5.75 Å². The third-order valence-electron chi connectivity index (χ3n) is 6.32. The number of phenolic OH excluding ortho intramolecular Hbond substituents is 1. The highest BCUT2D eigenvalue weighted by Crippen LogP contribution is 2.30. The van der Waals surface area contributed by atoms with Crippen molar-refractivity contribution in [2.24, 2.45) is 5.92 Å². The van der Waals surface area contributed by atoms with Crippen molar-refractivity contribution in [3.63, 3.8) is 0 Å². The fraction of sp³-hybridized carbons (Fsp3) is 0.522. The van der Waals surface area contributed by atoms with Crippen molar-refractivity contribution in [1.29, 1.82) is 0 Å². The number of nitrogens with zero attached hydrogens (tertiary/aromatic N) is 3. The minimum atomic E-state index is -3.88. The number of carbonyl (C=O) groups excluding carboxylic acids is 2. The normalized spacial score (nSPS) is 18.8. The highest BCUT2D eigenvalue weighted by molar-refractivity contribution is 7.89. The Morgan fingerprint density at radius 1 is 1.18 bits per heavy atom. The van der Waals surface area contributed by atoms with E-state index >= 15 is 0 Å². The van der Waals surface area contributed by atoms with E-state index in [0.717, 1.165) is 30.0 Å². The average Bonchev–Trinajstić information content (AvgIpc) is 3.31. The second-order valence-corrected chi connectivity index (χ2v) is 11.3. The molecule has 2 aliphatic rings. The highest BCUT2D eigenvalue weighted by Gasteiger charge is 2.39. The summed E-state index contributed by atoms with van der Waals surface area (Å²) < 4.78 is 27.1. The zero-order valence-electron chi connectivity index (χ0n) is 18.2. The fourth-order valence-electron chi connectivity index (χ4n) is 4.55. The van der Waals surface area contributed by atoms with E-state index in [1.807, 2.05) is 0 Å². The molecule has 1 atom stereocenters. The largest absolute Gasteiger partial charge is 0.508 e. The number of nitrogens with one attached hydrogen (secondary N) is 1. The third kappa shape index (κ3) is 5.94. The van der Waals surface area contributed by atoms with Crippen LogP contribution in [0.4, 0.5) is 5.13 Å². The van der Waals surface area contributed by atoms with Crippen molar-refractivity contribution in [2.45, 2.75) is 56.9 Å². The van der Waals surface area contributed by atoms with E-state index in [0.29, 0.717) is 17.5 Å². The van der Waals surface area contributed by atoms with E-state index in [1.165, 1.54) is 46.9 Å². The predicted octanol–water partition coefficient (Wildman–Crippen LogP) is 3.30. The van der Waals surface area contributed by atoms with Crippen LogP contribution in [0.3, 0.4) is 0 Å². The van der Waals surface area contributed by atoms with Gasteiger partial charge in [-0.2, -0.15) is 4.31 Å². The lowest BCUT2D eigenvalue weighted by Gasteiger charge is -2.39. The molecule has 4 rings (SSSR count). The number of aromatic hydroxyl groups is 1. The molecule has 1 aromatic carbocycles. The molecule has 186 valence electrons. The molecule has 0 unspecified atom stereocenters. The Labute approximate surface area is 204 Å². The van der Waals surface area contributed by atoms with Crippen LogP contribution in [0, 0.1) is 5.92 Å². The van der Waals surface area contributed by atoms with Gasteiger partial charge in [-0.3, -0.25) is 9.59 Å². The SMILES string of the molecule is C.O=C(Nc1nccs1)[C@H](CC1CCCCC1)N1CCN(S(=O)(=O)c2ccc(O)cc2)CC1=O. The smallest absolute Gasteiger partial charge is 0.248 e. The molecule has 2 N–H and O–H groups in total. The van der Waals surface area contributed by atoms with Crippen LogP contribution in [0.2, 0.25) is 0 Å². The van der Waals surface area contributed by atoms with Gasteiger partial charge in [-0.1, -0.05) is 39.5 Å². The Hall–Kier alpha value is -2.50. The van der Waals surface area contributed by atoms with Crippen molar-refractivity contribution in [1.82, 2.24) is 14.2 Å². The van der Waals surface area contributed by atoms with E-state index in [9.17, 15) is 23.1 Å². The summed E-state index contributed by atoms with van der Waals surface area (Å²) in [7, 11) is -3.88. The molecule has 1 aromatic heterocycles. The number of hydrogen-bond donors (Lipinski definition) is 2. The van der Waals surface area contributed by atoms with E-state index in [4.69, 9.17) is 0 Å². The quantitative estimate of drug-likeness (QED) is 0.592. The lowest BCUT2D eigenvalue weighted by molar-refractivity contribution is -0.142. The van der Waals surface area contributed by atoms with Gasteiger partial charge in [0, 0.05) is 24.7 Å². The van der Waals surface area contributed by atoms with Gasteiger partial charge in [-0.05, 0) is 36.6 Å². The molecular weight excluding hydrogens is 476 g/mol. The molecule has 11 heteroatoms. The van der Waals surface area contributed by atoms with Gasteiger partial charge < -0.3 is 15.3 Å². The summed E-state index contributed by atoms with van der Waals surface area (Å²) >= 11 is 1.31. The molecule has 1 aliphatic heterocycles. The molecule has 9 nitrogen and oxygen atoms in total. The molecule has 0 spiro atoms. The number of phenols is 1. The van der Waals surface area contributed by atoms with Gasteiger partial charge in [0.05, 0.1) is 11.4 Å². The molecule has 1 saturated carbocycles. The Balaban J connectivity index is 0.00000324. The predicted molar refractivity (Wildman–Crippen MR) is 131 cm³/mol. The lowest BCUT2D eigenvalue weighted by Crippen LogP contribution is -2.58. The first-order chi connectivity index (χ1) is 15.8. The number of hydrogen-bond acceptors (Lipinski definition) is 7. The molecule has 1 aliphatic carbocycles. The third-order valence-corrected chi connectivity index (χ3v) is 8.87. The summed E-state index contributed by atoms with van der Waals surface area (Å²) in [6.07, 6.45) is 7.67. The first-order valence-corrected chi connectivity index (χ1v) is 13.5. The molecular formula is C23H32N4O5S2. The van der Waals surface area contributed by atoms with Crippen LogP contribution in [0.1, 0.15) is 46.0 Å². The van der Waals surface area contributed by atoms with Gasteiger partial charge in [-0.15, -0.1) is 11.3 Å². The van der Waals surface area contributed by atoms with Gasteiger partial charge in [0.25, 0.3) is 0 Å². The Kier molecular flexibility index (Phi) is 8.67. The number of carbonyl (C=O) groups is 2. The molecule has 0 radical (unpaired) electrons. The number of sulfonamides is 1. The number of anilines is 1. The molecule has 2 aromatic rings. The van der Waals surface area contributed by atoms with Gasteiger partial charge in [0.1, 0.15) is 11.8 Å². The van der Waals surface area contributed by atoms with Gasteiger partial charge in [0.15, 0.2) is 5.13 Å². The number of aromatic nitrogens is 1. The maximum atomic E-state index is 13.2. The van der Waals surface area contributed by atoms with Crippen molar-refractivity contribution in [2.75, 3.05) is 25.0 Å². The van der Waals surface area contributed by atoms with Crippen molar-refractivity contribution in [3.05, 3.63) is 35.8 Å². The summed E-state index contributed by atoms with van der Waals surface area (Å²) in [5.74, 6) is -0.346.